The van der Waals surface area contributed by atoms with Gasteiger partial charge in [-0.15, -0.1) is 6.58 Å². The summed E-state index contributed by atoms with van der Waals surface area (Å²) in [6.45, 7) is 4.22. The third-order valence-electron chi connectivity index (χ3n) is 2.21. The summed E-state index contributed by atoms with van der Waals surface area (Å²) in [4.78, 5) is 15.6. The first-order valence-electron chi connectivity index (χ1n) is 5.16. The second-order valence-electron chi connectivity index (χ2n) is 3.36. The van der Waals surface area contributed by atoms with Gasteiger partial charge in [-0.1, -0.05) is 6.08 Å². The Morgan fingerprint density at radius 1 is 1.67 bits per heavy atom. The largest absolute Gasteiger partial charge is 0.395 e. The Morgan fingerprint density at radius 3 is 2.89 bits per heavy atom. The van der Waals surface area contributed by atoms with E-state index in [-0.39, 0.29) is 18.0 Å². The summed E-state index contributed by atoms with van der Waals surface area (Å²) in [5, 5.41) is 28.4. The van der Waals surface area contributed by atoms with Gasteiger partial charge in [0.1, 0.15) is 11.9 Å². The summed E-state index contributed by atoms with van der Waals surface area (Å²) in [7, 11) is 0. The number of nitro groups is 1. The monoisotopic (exact) mass is 248 g/mol. The molecule has 18 heavy (non-hydrogen) atoms. The standard InChI is InChI=1S/C11H12N4O3/c1-2-5-14(6-7-16)11-4-3-10(15(17)18)9(8-12)13-11/h2-4,16H,1,5-7H2. The summed E-state index contributed by atoms with van der Waals surface area (Å²) >= 11 is 0. The fourth-order valence-corrected chi connectivity index (χ4v) is 1.42. The maximum atomic E-state index is 10.7. The minimum absolute atomic E-state index is 0.0889. The number of nitriles is 1. The van der Waals surface area contributed by atoms with Gasteiger partial charge in [-0.25, -0.2) is 4.98 Å². The van der Waals surface area contributed by atoms with Gasteiger partial charge in [0.15, 0.2) is 0 Å². The van der Waals surface area contributed by atoms with E-state index in [0.29, 0.717) is 18.9 Å². The highest BCUT2D eigenvalue weighted by atomic mass is 16.6. The van der Waals surface area contributed by atoms with Gasteiger partial charge in [0.2, 0.25) is 5.69 Å². The van der Waals surface area contributed by atoms with E-state index in [1.54, 1.807) is 17.0 Å². The van der Waals surface area contributed by atoms with Crippen LogP contribution in [0.2, 0.25) is 0 Å². The summed E-state index contributed by atoms with van der Waals surface area (Å²) in [5.74, 6) is 0.395. The first-order chi connectivity index (χ1) is 8.63. The van der Waals surface area contributed by atoms with Crippen LogP contribution < -0.4 is 4.90 Å². The third-order valence-corrected chi connectivity index (χ3v) is 2.21. The van der Waals surface area contributed by atoms with Crippen molar-refractivity contribution in [2.45, 2.75) is 0 Å². The van der Waals surface area contributed by atoms with E-state index in [4.69, 9.17) is 10.4 Å². The second-order valence-corrected chi connectivity index (χ2v) is 3.36. The van der Waals surface area contributed by atoms with Crippen LogP contribution in [0.4, 0.5) is 11.5 Å². The van der Waals surface area contributed by atoms with Crippen molar-refractivity contribution in [2.24, 2.45) is 0 Å². The Kier molecular flexibility index (Phi) is 4.78. The molecule has 1 aromatic rings. The zero-order chi connectivity index (χ0) is 13.5. The number of nitrogens with zero attached hydrogens (tertiary/aromatic N) is 4. The zero-order valence-corrected chi connectivity index (χ0v) is 9.61. The van der Waals surface area contributed by atoms with Crippen LogP contribution in [0.15, 0.2) is 24.8 Å². The molecule has 1 heterocycles. The second kappa shape index (κ2) is 6.32. The summed E-state index contributed by atoms with van der Waals surface area (Å²) in [5.41, 5.74) is -0.576. The molecule has 0 atom stereocenters. The lowest BCUT2D eigenvalue weighted by Crippen LogP contribution is -2.27. The fraction of sp³-hybridized carbons (Fsp3) is 0.273. The lowest BCUT2D eigenvalue weighted by atomic mass is 10.3. The van der Waals surface area contributed by atoms with Gasteiger partial charge in [-0.3, -0.25) is 10.1 Å². The molecule has 94 valence electrons. The molecule has 7 heteroatoms. The average molecular weight is 248 g/mol. The minimum Gasteiger partial charge on any atom is -0.395 e. The Labute approximate surface area is 104 Å². The van der Waals surface area contributed by atoms with E-state index in [1.807, 2.05) is 0 Å². The van der Waals surface area contributed by atoms with Gasteiger partial charge in [0.25, 0.3) is 0 Å². The van der Waals surface area contributed by atoms with E-state index in [1.165, 1.54) is 12.1 Å². The Morgan fingerprint density at radius 2 is 2.39 bits per heavy atom. The van der Waals surface area contributed by atoms with E-state index < -0.39 is 4.92 Å². The van der Waals surface area contributed by atoms with E-state index >= 15 is 0 Å². The average Bonchev–Trinajstić information content (AvgIpc) is 2.37. The molecule has 0 amide bonds. The number of aliphatic hydroxyl groups is 1. The fourth-order valence-electron chi connectivity index (χ4n) is 1.42. The molecule has 0 saturated carbocycles. The number of pyridine rings is 1. The van der Waals surface area contributed by atoms with E-state index in [0.717, 1.165) is 0 Å². The van der Waals surface area contributed by atoms with Crippen molar-refractivity contribution >= 4 is 11.5 Å². The van der Waals surface area contributed by atoms with Crippen LogP contribution in [-0.2, 0) is 0 Å². The number of hydrogen-bond donors (Lipinski definition) is 1. The highest BCUT2D eigenvalue weighted by Gasteiger charge is 2.17. The van der Waals surface area contributed by atoms with Crippen LogP contribution in [0.1, 0.15) is 5.69 Å². The molecule has 0 unspecified atom stereocenters. The molecule has 0 radical (unpaired) electrons. The first-order valence-corrected chi connectivity index (χ1v) is 5.16. The maximum absolute atomic E-state index is 10.7. The molecular weight excluding hydrogens is 236 g/mol. The van der Waals surface area contributed by atoms with Crippen LogP contribution in [0, 0.1) is 21.4 Å². The van der Waals surface area contributed by atoms with Crippen LogP contribution in [-0.4, -0.2) is 34.7 Å². The molecule has 0 aliphatic heterocycles. The molecule has 0 fully saturated rings. The number of anilines is 1. The van der Waals surface area contributed by atoms with Crippen molar-refractivity contribution in [3.05, 3.63) is 40.6 Å². The lowest BCUT2D eigenvalue weighted by Gasteiger charge is -2.20. The van der Waals surface area contributed by atoms with Crippen molar-refractivity contribution in [2.75, 3.05) is 24.6 Å². The molecule has 0 spiro atoms. The SMILES string of the molecule is C=CCN(CCO)c1ccc([N+](=O)[O-])c(C#N)n1. The number of aliphatic hydroxyl groups excluding tert-OH is 1. The van der Waals surface area contributed by atoms with Crippen LogP contribution in [0.5, 0.6) is 0 Å². The molecule has 0 aliphatic carbocycles. The smallest absolute Gasteiger partial charge is 0.305 e. The van der Waals surface area contributed by atoms with E-state index in [2.05, 4.69) is 11.6 Å². The van der Waals surface area contributed by atoms with E-state index in [9.17, 15) is 10.1 Å². The summed E-state index contributed by atoms with van der Waals surface area (Å²) in [6, 6.07) is 4.36. The van der Waals surface area contributed by atoms with Crippen molar-refractivity contribution < 1.29 is 10.0 Å². The Hall–Kier alpha value is -2.46. The summed E-state index contributed by atoms with van der Waals surface area (Å²) in [6.07, 6.45) is 1.62. The Bertz CT molecular complexity index is 496. The third kappa shape index (κ3) is 3.02. The number of rotatable bonds is 6. The first kappa shape index (κ1) is 13.6. The van der Waals surface area contributed by atoms with Crippen molar-refractivity contribution in [1.82, 2.24) is 4.98 Å². The number of aromatic nitrogens is 1. The van der Waals surface area contributed by atoms with Crippen molar-refractivity contribution in [1.29, 1.82) is 5.26 Å². The van der Waals surface area contributed by atoms with Gasteiger partial charge in [0, 0.05) is 19.2 Å². The molecule has 7 nitrogen and oxygen atoms in total. The van der Waals surface area contributed by atoms with Crippen LogP contribution in [0.25, 0.3) is 0 Å². The minimum atomic E-state index is -0.654. The van der Waals surface area contributed by atoms with Crippen LogP contribution in [0.3, 0.4) is 0 Å². The predicted molar refractivity (Wildman–Crippen MR) is 65.1 cm³/mol. The predicted octanol–water partition coefficient (Wildman–Crippen LogP) is 0.846. The molecule has 1 N–H and O–H groups in total. The van der Waals surface area contributed by atoms with Gasteiger partial charge in [-0.05, 0) is 6.07 Å². The summed E-state index contributed by atoms with van der Waals surface area (Å²) < 4.78 is 0. The van der Waals surface area contributed by atoms with Gasteiger partial charge >= 0.3 is 5.69 Å². The highest BCUT2D eigenvalue weighted by Crippen LogP contribution is 2.20. The number of hydrogen-bond acceptors (Lipinski definition) is 6. The molecule has 0 bridgehead atoms. The molecule has 0 aromatic carbocycles. The quantitative estimate of drug-likeness (QED) is 0.454. The lowest BCUT2D eigenvalue weighted by molar-refractivity contribution is -0.385. The highest BCUT2D eigenvalue weighted by molar-refractivity contribution is 5.51. The zero-order valence-electron chi connectivity index (χ0n) is 9.61. The van der Waals surface area contributed by atoms with Crippen molar-refractivity contribution in [3.8, 4) is 6.07 Å². The van der Waals surface area contributed by atoms with Crippen molar-refractivity contribution in [3.63, 3.8) is 0 Å². The topological polar surface area (TPSA) is 103 Å². The van der Waals surface area contributed by atoms with Crippen LogP contribution >= 0.6 is 0 Å². The molecule has 1 rings (SSSR count). The molecule has 1 aromatic heterocycles. The molecule has 0 aliphatic rings. The van der Waals surface area contributed by atoms with Gasteiger partial charge in [0.05, 0.1) is 11.5 Å². The van der Waals surface area contributed by atoms with Gasteiger partial charge in [-0.2, -0.15) is 5.26 Å². The molecule has 0 saturated heterocycles. The maximum Gasteiger partial charge on any atom is 0.305 e. The Balaban J connectivity index is 3.14. The normalized spacial score (nSPS) is 9.56. The molecular formula is C11H12N4O3. The van der Waals surface area contributed by atoms with Gasteiger partial charge < -0.3 is 10.0 Å².